The highest BCUT2D eigenvalue weighted by Crippen LogP contribution is 2.28. The highest BCUT2D eigenvalue weighted by Gasteiger charge is 2.36. The molecule has 98 valence electrons. The van der Waals surface area contributed by atoms with Crippen LogP contribution in [0.3, 0.4) is 0 Å². The van der Waals surface area contributed by atoms with Gasteiger partial charge in [0.25, 0.3) is 0 Å². The van der Waals surface area contributed by atoms with E-state index < -0.39 is 12.0 Å². The van der Waals surface area contributed by atoms with Crippen LogP contribution in [-0.4, -0.2) is 33.7 Å². The molecule has 2 unspecified atom stereocenters. The third-order valence-electron chi connectivity index (χ3n) is 3.45. The maximum absolute atomic E-state index is 11.2. The molecule has 1 fully saturated rings. The zero-order valence-corrected chi connectivity index (χ0v) is 10.9. The van der Waals surface area contributed by atoms with Gasteiger partial charge in [0, 0.05) is 6.54 Å². The summed E-state index contributed by atoms with van der Waals surface area (Å²) in [5, 5.41) is 18.9. The molecule has 0 amide bonds. The van der Waals surface area contributed by atoms with E-state index in [9.17, 15) is 15.0 Å². The summed E-state index contributed by atoms with van der Waals surface area (Å²) in [6, 6.07) is 4.55. The summed E-state index contributed by atoms with van der Waals surface area (Å²) in [6.07, 6.45) is 0.892. The lowest BCUT2D eigenvalue weighted by Crippen LogP contribution is -2.38. The third kappa shape index (κ3) is 2.60. The lowest BCUT2D eigenvalue weighted by molar-refractivity contribution is -0.143. The van der Waals surface area contributed by atoms with Crippen molar-refractivity contribution in [2.75, 3.05) is 6.54 Å². The van der Waals surface area contributed by atoms with Crippen LogP contribution in [0, 0.1) is 5.92 Å². The Kier molecular flexibility index (Phi) is 3.78. The first-order chi connectivity index (χ1) is 8.49. The van der Waals surface area contributed by atoms with Gasteiger partial charge in [0.15, 0.2) is 0 Å². The number of benzene rings is 1. The first-order valence-electron chi connectivity index (χ1n) is 5.93. The largest absolute Gasteiger partial charge is 0.506 e. The van der Waals surface area contributed by atoms with Crippen molar-refractivity contribution in [3.05, 3.63) is 28.8 Å². The second-order valence-electron chi connectivity index (χ2n) is 4.81. The van der Waals surface area contributed by atoms with Gasteiger partial charge in [-0.3, -0.25) is 9.69 Å². The van der Waals surface area contributed by atoms with Crippen LogP contribution < -0.4 is 0 Å². The number of aromatic hydroxyl groups is 1. The van der Waals surface area contributed by atoms with Gasteiger partial charge in [-0.25, -0.2) is 0 Å². The Morgan fingerprint density at radius 3 is 2.89 bits per heavy atom. The number of halogens is 1. The van der Waals surface area contributed by atoms with Crippen LogP contribution in [0.25, 0.3) is 0 Å². The van der Waals surface area contributed by atoms with Crippen molar-refractivity contribution < 1.29 is 15.0 Å². The molecule has 1 aromatic carbocycles. The summed E-state index contributed by atoms with van der Waals surface area (Å²) >= 11 is 5.84. The van der Waals surface area contributed by atoms with E-state index in [1.165, 1.54) is 6.07 Å². The van der Waals surface area contributed by atoms with Gasteiger partial charge in [0.05, 0.1) is 5.02 Å². The molecule has 1 saturated heterocycles. The number of nitrogens with zero attached hydrogens (tertiary/aromatic N) is 1. The van der Waals surface area contributed by atoms with Crippen LogP contribution in [0.5, 0.6) is 5.75 Å². The SMILES string of the molecule is CC1CCN(Cc2ccc(O)c(Cl)c2)C1C(=O)O. The average molecular weight is 270 g/mol. The second-order valence-corrected chi connectivity index (χ2v) is 5.21. The Balaban J connectivity index is 2.13. The van der Waals surface area contributed by atoms with Crippen LogP contribution >= 0.6 is 11.6 Å². The van der Waals surface area contributed by atoms with E-state index in [-0.39, 0.29) is 11.7 Å². The Morgan fingerprint density at radius 2 is 2.28 bits per heavy atom. The van der Waals surface area contributed by atoms with Gasteiger partial charge < -0.3 is 10.2 Å². The molecule has 2 atom stereocenters. The first-order valence-corrected chi connectivity index (χ1v) is 6.31. The zero-order chi connectivity index (χ0) is 13.3. The number of phenolic OH excluding ortho intramolecular Hbond substituents is 1. The minimum Gasteiger partial charge on any atom is -0.506 e. The van der Waals surface area contributed by atoms with Crippen molar-refractivity contribution in [3.8, 4) is 5.75 Å². The number of aliphatic carboxylic acids is 1. The van der Waals surface area contributed by atoms with Crippen molar-refractivity contribution in [2.24, 2.45) is 5.92 Å². The highest BCUT2D eigenvalue weighted by molar-refractivity contribution is 6.32. The fourth-order valence-corrected chi connectivity index (χ4v) is 2.69. The fraction of sp³-hybridized carbons (Fsp3) is 0.462. The van der Waals surface area contributed by atoms with Gasteiger partial charge in [-0.05, 0) is 36.6 Å². The van der Waals surface area contributed by atoms with Crippen molar-refractivity contribution in [2.45, 2.75) is 25.9 Å². The molecule has 0 bridgehead atoms. The van der Waals surface area contributed by atoms with E-state index >= 15 is 0 Å². The third-order valence-corrected chi connectivity index (χ3v) is 3.76. The molecular weight excluding hydrogens is 254 g/mol. The quantitative estimate of drug-likeness (QED) is 0.884. The molecular formula is C13H16ClNO3. The standard InChI is InChI=1S/C13H16ClNO3/c1-8-4-5-15(12(8)13(17)18)7-9-2-3-11(16)10(14)6-9/h2-3,6,8,12,16H,4-5,7H2,1H3,(H,17,18). The number of carboxylic acids is 1. The number of carbonyl (C=O) groups is 1. The van der Waals surface area contributed by atoms with Crippen LogP contribution in [-0.2, 0) is 11.3 Å². The summed E-state index contributed by atoms with van der Waals surface area (Å²) in [4.78, 5) is 13.2. The van der Waals surface area contributed by atoms with Crippen LogP contribution in [0.15, 0.2) is 18.2 Å². The van der Waals surface area contributed by atoms with Gasteiger partial charge in [-0.15, -0.1) is 0 Å². The molecule has 1 aromatic rings. The van der Waals surface area contributed by atoms with Crippen LogP contribution in [0.2, 0.25) is 5.02 Å². The van der Waals surface area contributed by atoms with E-state index in [0.717, 1.165) is 18.5 Å². The maximum Gasteiger partial charge on any atom is 0.321 e. The predicted octanol–water partition coefficient (Wildman–Crippen LogP) is 2.34. The number of hydrogen-bond acceptors (Lipinski definition) is 3. The van der Waals surface area contributed by atoms with E-state index in [2.05, 4.69) is 0 Å². The first kappa shape index (κ1) is 13.2. The summed E-state index contributed by atoms with van der Waals surface area (Å²) in [5.74, 6) is -0.565. The summed E-state index contributed by atoms with van der Waals surface area (Å²) < 4.78 is 0. The van der Waals surface area contributed by atoms with Crippen molar-refractivity contribution >= 4 is 17.6 Å². The molecule has 2 N–H and O–H groups in total. The Bertz CT molecular complexity index is 464. The number of carboxylic acid groups (broad SMARTS) is 1. The summed E-state index contributed by atoms with van der Waals surface area (Å²) in [6.45, 7) is 3.28. The Labute approximate surface area is 111 Å². The molecule has 18 heavy (non-hydrogen) atoms. The molecule has 0 spiro atoms. The number of likely N-dealkylation sites (tertiary alicyclic amines) is 1. The minimum absolute atomic E-state index is 0.0463. The Hall–Kier alpha value is -1.26. The smallest absolute Gasteiger partial charge is 0.321 e. The van der Waals surface area contributed by atoms with Gasteiger partial charge in [0.1, 0.15) is 11.8 Å². The lowest BCUT2D eigenvalue weighted by atomic mass is 10.0. The molecule has 0 aliphatic carbocycles. The zero-order valence-electron chi connectivity index (χ0n) is 10.1. The molecule has 0 aromatic heterocycles. The van der Waals surface area contributed by atoms with Gasteiger partial charge in [-0.1, -0.05) is 24.6 Å². The van der Waals surface area contributed by atoms with Gasteiger partial charge >= 0.3 is 5.97 Å². The average Bonchev–Trinajstić information content (AvgIpc) is 2.65. The van der Waals surface area contributed by atoms with Crippen LogP contribution in [0.4, 0.5) is 0 Å². The second kappa shape index (κ2) is 5.16. The Morgan fingerprint density at radius 1 is 1.56 bits per heavy atom. The normalized spacial score (nSPS) is 24.3. The molecule has 2 rings (SSSR count). The molecule has 1 aliphatic rings. The molecule has 4 nitrogen and oxygen atoms in total. The maximum atomic E-state index is 11.2. The van der Waals surface area contributed by atoms with Gasteiger partial charge in [-0.2, -0.15) is 0 Å². The summed E-state index contributed by atoms with van der Waals surface area (Å²) in [5.41, 5.74) is 0.915. The number of hydrogen-bond donors (Lipinski definition) is 2. The number of phenols is 1. The van der Waals surface area contributed by atoms with E-state index in [1.807, 2.05) is 11.8 Å². The van der Waals surface area contributed by atoms with E-state index in [1.54, 1.807) is 12.1 Å². The van der Waals surface area contributed by atoms with Crippen molar-refractivity contribution in [1.82, 2.24) is 4.90 Å². The fourth-order valence-electron chi connectivity index (χ4n) is 2.49. The van der Waals surface area contributed by atoms with Gasteiger partial charge in [0.2, 0.25) is 0 Å². The van der Waals surface area contributed by atoms with Crippen molar-refractivity contribution in [1.29, 1.82) is 0 Å². The van der Waals surface area contributed by atoms with Crippen LogP contribution in [0.1, 0.15) is 18.9 Å². The molecule has 1 heterocycles. The summed E-state index contributed by atoms with van der Waals surface area (Å²) in [7, 11) is 0. The molecule has 5 heteroatoms. The van der Waals surface area contributed by atoms with E-state index in [4.69, 9.17) is 11.6 Å². The van der Waals surface area contributed by atoms with Crippen molar-refractivity contribution in [3.63, 3.8) is 0 Å². The highest BCUT2D eigenvalue weighted by atomic mass is 35.5. The molecule has 0 radical (unpaired) electrons. The topological polar surface area (TPSA) is 60.8 Å². The molecule has 1 aliphatic heterocycles. The lowest BCUT2D eigenvalue weighted by Gasteiger charge is -2.23. The minimum atomic E-state index is -0.773. The molecule has 0 saturated carbocycles. The number of rotatable bonds is 3. The monoisotopic (exact) mass is 269 g/mol. The predicted molar refractivity (Wildman–Crippen MR) is 68.7 cm³/mol. The van der Waals surface area contributed by atoms with E-state index in [0.29, 0.717) is 11.6 Å².